The minimum absolute atomic E-state index is 0.0236. The summed E-state index contributed by atoms with van der Waals surface area (Å²) in [4.78, 5) is 12.2. The molecule has 1 heterocycles. The Hall–Kier alpha value is -1.13. The standard InChI is InChI=1S/C12H20N2O2/c1-9-5-6-10(12(2,3)13)11(15)14(9)7-8-16-4/h5-6H,7-8,13H2,1-4H3. The summed E-state index contributed by atoms with van der Waals surface area (Å²) in [5.41, 5.74) is 6.89. The Labute approximate surface area is 96.0 Å². The second-order valence-electron chi connectivity index (χ2n) is 4.56. The van der Waals surface area contributed by atoms with Crippen LogP contribution in [0, 0.1) is 6.92 Å². The van der Waals surface area contributed by atoms with Gasteiger partial charge in [-0.05, 0) is 32.9 Å². The first-order valence-corrected chi connectivity index (χ1v) is 5.36. The van der Waals surface area contributed by atoms with Gasteiger partial charge in [-0.2, -0.15) is 0 Å². The van der Waals surface area contributed by atoms with Gasteiger partial charge >= 0.3 is 0 Å². The van der Waals surface area contributed by atoms with Crippen molar-refractivity contribution in [2.75, 3.05) is 13.7 Å². The summed E-state index contributed by atoms with van der Waals surface area (Å²) in [5.74, 6) is 0. The Kier molecular flexibility index (Phi) is 3.88. The number of rotatable bonds is 4. The van der Waals surface area contributed by atoms with Crippen LogP contribution in [0.4, 0.5) is 0 Å². The van der Waals surface area contributed by atoms with Crippen LogP contribution in [0.3, 0.4) is 0 Å². The van der Waals surface area contributed by atoms with E-state index in [-0.39, 0.29) is 5.56 Å². The first-order valence-electron chi connectivity index (χ1n) is 5.36. The largest absolute Gasteiger partial charge is 0.383 e. The van der Waals surface area contributed by atoms with Gasteiger partial charge in [0, 0.05) is 30.5 Å². The van der Waals surface area contributed by atoms with Gasteiger partial charge in [0.05, 0.1) is 6.61 Å². The van der Waals surface area contributed by atoms with Crippen molar-refractivity contribution in [3.05, 3.63) is 33.7 Å². The number of methoxy groups -OCH3 is 1. The highest BCUT2D eigenvalue weighted by Crippen LogP contribution is 2.12. The van der Waals surface area contributed by atoms with E-state index < -0.39 is 5.54 Å². The normalized spacial score (nSPS) is 11.8. The predicted molar refractivity (Wildman–Crippen MR) is 64.5 cm³/mol. The average Bonchev–Trinajstić information content (AvgIpc) is 2.15. The molecular formula is C12H20N2O2. The van der Waals surface area contributed by atoms with Crippen LogP contribution >= 0.6 is 0 Å². The number of aromatic nitrogens is 1. The van der Waals surface area contributed by atoms with Crippen LogP contribution in [-0.4, -0.2) is 18.3 Å². The molecule has 0 spiro atoms. The molecule has 0 saturated heterocycles. The molecule has 0 aliphatic carbocycles. The lowest BCUT2D eigenvalue weighted by atomic mass is 9.97. The Morgan fingerprint density at radius 2 is 2.06 bits per heavy atom. The maximum atomic E-state index is 12.2. The molecule has 1 rings (SSSR count). The van der Waals surface area contributed by atoms with Crippen molar-refractivity contribution in [2.45, 2.75) is 32.9 Å². The lowest BCUT2D eigenvalue weighted by Gasteiger charge is -2.20. The van der Waals surface area contributed by atoms with Crippen molar-refractivity contribution in [3.63, 3.8) is 0 Å². The molecule has 4 nitrogen and oxygen atoms in total. The molecule has 0 radical (unpaired) electrons. The van der Waals surface area contributed by atoms with E-state index in [1.807, 2.05) is 26.8 Å². The lowest BCUT2D eigenvalue weighted by Crippen LogP contribution is -2.39. The van der Waals surface area contributed by atoms with Crippen LogP contribution in [0.15, 0.2) is 16.9 Å². The number of ether oxygens (including phenoxy) is 1. The summed E-state index contributed by atoms with van der Waals surface area (Å²) in [6.07, 6.45) is 0. The van der Waals surface area contributed by atoms with E-state index in [1.54, 1.807) is 17.7 Å². The number of hydrogen-bond acceptors (Lipinski definition) is 3. The topological polar surface area (TPSA) is 57.2 Å². The molecule has 90 valence electrons. The van der Waals surface area contributed by atoms with Crippen LogP contribution in [0.2, 0.25) is 0 Å². The molecule has 0 amide bonds. The first kappa shape index (κ1) is 12.9. The smallest absolute Gasteiger partial charge is 0.255 e. The third kappa shape index (κ3) is 2.71. The summed E-state index contributed by atoms with van der Waals surface area (Å²) >= 11 is 0. The quantitative estimate of drug-likeness (QED) is 0.830. The Morgan fingerprint density at radius 3 is 2.56 bits per heavy atom. The molecule has 0 aromatic carbocycles. The highest BCUT2D eigenvalue weighted by molar-refractivity contribution is 5.21. The summed E-state index contributed by atoms with van der Waals surface area (Å²) < 4.78 is 6.69. The van der Waals surface area contributed by atoms with Gasteiger partial charge in [-0.15, -0.1) is 0 Å². The third-order valence-corrected chi connectivity index (χ3v) is 2.61. The van der Waals surface area contributed by atoms with Crippen molar-refractivity contribution in [3.8, 4) is 0 Å². The average molecular weight is 224 g/mol. The first-order chi connectivity index (χ1) is 7.38. The summed E-state index contributed by atoms with van der Waals surface area (Å²) in [6.45, 7) is 6.66. The van der Waals surface area contributed by atoms with E-state index in [0.29, 0.717) is 18.7 Å². The van der Waals surface area contributed by atoms with E-state index in [4.69, 9.17) is 10.5 Å². The second kappa shape index (κ2) is 4.80. The summed E-state index contributed by atoms with van der Waals surface area (Å²) in [6, 6.07) is 3.72. The van der Waals surface area contributed by atoms with Gasteiger partial charge in [0.15, 0.2) is 0 Å². The predicted octanol–water partition coefficient (Wildman–Crippen LogP) is 0.997. The molecular weight excluding hydrogens is 204 g/mol. The SMILES string of the molecule is COCCn1c(C)ccc(C(C)(C)N)c1=O. The zero-order chi connectivity index (χ0) is 12.3. The number of hydrogen-bond donors (Lipinski definition) is 1. The van der Waals surface area contributed by atoms with Crippen molar-refractivity contribution >= 4 is 0 Å². The van der Waals surface area contributed by atoms with E-state index >= 15 is 0 Å². The molecule has 0 unspecified atom stereocenters. The minimum Gasteiger partial charge on any atom is -0.383 e. The van der Waals surface area contributed by atoms with E-state index in [0.717, 1.165) is 5.69 Å². The van der Waals surface area contributed by atoms with Gasteiger partial charge in [-0.25, -0.2) is 0 Å². The van der Waals surface area contributed by atoms with Crippen molar-refractivity contribution in [1.82, 2.24) is 4.57 Å². The fraction of sp³-hybridized carbons (Fsp3) is 0.583. The zero-order valence-electron chi connectivity index (χ0n) is 10.4. The van der Waals surface area contributed by atoms with Crippen LogP contribution in [-0.2, 0) is 16.8 Å². The van der Waals surface area contributed by atoms with Crippen LogP contribution < -0.4 is 11.3 Å². The maximum Gasteiger partial charge on any atom is 0.255 e. The van der Waals surface area contributed by atoms with Crippen LogP contribution in [0.5, 0.6) is 0 Å². The maximum absolute atomic E-state index is 12.2. The Balaban J connectivity index is 3.22. The molecule has 0 saturated carbocycles. The second-order valence-corrected chi connectivity index (χ2v) is 4.56. The minimum atomic E-state index is -0.612. The Morgan fingerprint density at radius 1 is 1.44 bits per heavy atom. The van der Waals surface area contributed by atoms with Gasteiger partial charge in [-0.3, -0.25) is 4.79 Å². The molecule has 2 N–H and O–H groups in total. The van der Waals surface area contributed by atoms with E-state index in [1.165, 1.54) is 0 Å². The molecule has 1 aromatic heterocycles. The van der Waals surface area contributed by atoms with Crippen molar-refractivity contribution in [1.29, 1.82) is 0 Å². The van der Waals surface area contributed by atoms with Gasteiger partial charge < -0.3 is 15.0 Å². The molecule has 0 fully saturated rings. The molecule has 16 heavy (non-hydrogen) atoms. The monoisotopic (exact) mass is 224 g/mol. The number of nitrogens with zero attached hydrogens (tertiary/aromatic N) is 1. The molecule has 0 aliphatic heterocycles. The lowest BCUT2D eigenvalue weighted by molar-refractivity contribution is 0.185. The van der Waals surface area contributed by atoms with Gasteiger partial charge in [0.2, 0.25) is 0 Å². The number of pyridine rings is 1. The Bertz CT molecular complexity index is 416. The van der Waals surface area contributed by atoms with Crippen LogP contribution in [0.1, 0.15) is 25.1 Å². The van der Waals surface area contributed by atoms with Gasteiger partial charge in [0.25, 0.3) is 5.56 Å². The van der Waals surface area contributed by atoms with E-state index in [9.17, 15) is 4.79 Å². The zero-order valence-corrected chi connectivity index (χ0v) is 10.4. The highest BCUT2D eigenvalue weighted by Gasteiger charge is 2.19. The number of nitrogens with two attached hydrogens (primary N) is 1. The molecule has 1 aromatic rings. The third-order valence-electron chi connectivity index (χ3n) is 2.61. The van der Waals surface area contributed by atoms with E-state index in [2.05, 4.69) is 0 Å². The fourth-order valence-corrected chi connectivity index (χ4v) is 1.62. The number of aryl methyl sites for hydroxylation is 1. The van der Waals surface area contributed by atoms with Crippen molar-refractivity contribution < 1.29 is 4.74 Å². The molecule has 0 bridgehead atoms. The highest BCUT2D eigenvalue weighted by atomic mass is 16.5. The van der Waals surface area contributed by atoms with Crippen molar-refractivity contribution in [2.24, 2.45) is 5.73 Å². The van der Waals surface area contributed by atoms with Gasteiger partial charge in [0.1, 0.15) is 0 Å². The molecule has 4 heteroatoms. The molecule has 0 atom stereocenters. The van der Waals surface area contributed by atoms with Crippen LogP contribution in [0.25, 0.3) is 0 Å². The fourth-order valence-electron chi connectivity index (χ4n) is 1.62. The summed E-state index contributed by atoms with van der Waals surface area (Å²) in [5, 5.41) is 0. The summed E-state index contributed by atoms with van der Waals surface area (Å²) in [7, 11) is 1.62. The molecule has 0 aliphatic rings. The van der Waals surface area contributed by atoms with Gasteiger partial charge in [-0.1, -0.05) is 0 Å².